The fourth-order valence-corrected chi connectivity index (χ4v) is 7.02. The Morgan fingerprint density at radius 2 is 1.62 bits per heavy atom. The lowest BCUT2D eigenvalue weighted by Crippen LogP contribution is -2.36. The molecular formula is C21H27BN9O12P2-. The summed E-state index contributed by atoms with van der Waals surface area (Å²) in [6.07, 6.45) is -7.35. The summed E-state index contributed by atoms with van der Waals surface area (Å²) in [6, 6.07) is 0. The Balaban J connectivity index is 1.21. The molecule has 0 aliphatic carbocycles. The highest BCUT2D eigenvalue weighted by molar-refractivity contribution is 7.79. The Kier molecular flexibility index (Phi) is 7.45. The van der Waals surface area contributed by atoms with Gasteiger partial charge in [-0.3, -0.25) is 23.0 Å². The van der Waals surface area contributed by atoms with Crippen LogP contribution in [-0.4, -0.2) is 112 Å². The van der Waals surface area contributed by atoms with E-state index in [1.54, 1.807) is 6.92 Å². The average molecular weight is 670 g/mol. The van der Waals surface area contributed by atoms with Crippen molar-refractivity contribution >= 4 is 51.0 Å². The predicted octanol–water partition coefficient (Wildman–Crippen LogP) is -2.24. The Hall–Kier alpha value is -3.14. The van der Waals surface area contributed by atoms with Crippen LogP contribution in [0.25, 0.3) is 22.3 Å². The molecule has 4 aromatic heterocycles. The number of nitrogens with two attached hydrogens (primary N) is 1. The number of fused-ring (bicyclic) bond motifs is 5. The van der Waals surface area contributed by atoms with E-state index in [0.717, 1.165) is 0 Å². The minimum absolute atomic E-state index is 0.0467. The third-order valence-corrected chi connectivity index (χ3v) is 9.08. The number of aliphatic hydroxyl groups excluding tert-OH is 2. The number of aromatic nitrogens is 8. The van der Waals surface area contributed by atoms with Crippen LogP contribution in [0.1, 0.15) is 18.3 Å². The van der Waals surface area contributed by atoms with Crippen molar-refractivity contribution in [2.45, 2.75) is 56.0 Å². The van der Waals surface area contributed by atoms with Crippen LogP contribution in [0.15, 0.2) is 23.8 Å². The van der Waals surface area contributed by atoms with Gasteiger partial charge < -0.3 is 48.9 Å². The first-order valence-corrected chi connectivity index (χ1v) is 15.6. The smallest absolute Gasteiger partial charge is 0.387 e. The lowest BCUT2D eigenvalue weighted by molar-refractivity contribution is -0.0637. The first-order chi connectivity index (χ1) is 21.3. The highest BCUT2D eigenvalue weighted by atomic mass is 31.2. The van der Waals surface area contributed by atoms with Crippen molar-refractivity contribution in [2.24, 2.45) is 0 Å². The SMILES string of the molecule is [BH3-]P1(=O)OC[C@H]2O[C@@H](n3cnc4c(=O)[nH]c(C)nc43)[C@@H](OP(=O)(O)OC[C@H]3O[C@@H](n4cnc5c(N)ncnc54)[C@@H](O)C3O1)C2O. The molecule has 6 N–H and O–H groups in total. The van der Waals surface area contributed by atoms with E-state index in [4.69, 9.17) is 33.3 Å². The maximum Gasteiger partial charge on any atom is 0.472 e. The number of hydrogen-bond acceptors (Lipinski definition) is 17. The van der Waals surface area contributed by atoms with Crippen LogP contribution in [0, 0.1) is 6.92 Å². The second kappa shape index (κ2) is 11.0. The molecule has 45 heavy (non-hydrogen) atoms. The number of hydrogen-bond donors (Lipinski definition) is 5. The number of rotatable bonds is 2. The lowest BCUT2D eigenvalue weighted by atomic mass is 10.1. The summed E-state index contributed by atoms with van der Waals surface area (Å²) in [4.78, 5) is 46.2. The number of nitrogens with zero attached hydrogens (tertiary/aromatic N) is 7. The van der Waals surface area contributed by atoms with E-state index in [1.165, 1.54) is 28.1 Å². The largest absolute Gasteiger partial charge is 0.472 e. The number of aryl methyl sites for hydroxylation is 1. The first-order valence-electron chi connectivity index (χ1n) is 13.0. The first kappa shape index (κ1) is 30.5. The topological polar surface area (TPSA) is 283 Å². The summed E-state index contributed by atoms with van der Waals surface area (Å²) in [6.45, 7) is 0.387. The number of aromatic amines is 1. The Labute approximate surface area is 252 Å². The van der Waals surface area contributed by atoms with Gasteiger partial charge in [-0.2, -0.15) is 0 Å². The standard InChI is InChI=1S/C21H27BN9O12P2/c1-7-28-18-11(19(34)29-7)27-6-31(18)21-15-12(32)8(40-21)2-38-44(22,35)42-14-9(3-39-45(36,37)43-15)41-20(13(14)33)30-5-26-10-16(23)24-4-25-17(10)30/h4-6,8-9,12-15,20-21,32-33H,2-3H2,1,22H3,(H,36,37)(H2,23,24,25)(H,28,29,34)/q-1/t8-,9-,12?,13+,14?,15+,20-,21-,44?/m1/s1. The van der Waals surface area contributed by atoms with Crippen molar-refractivity contribution in [3.63, 3.8) is 0 Å². The average Bonchev–Trinajstić information content (AvgIpc) is 3.72. The summed E-state index contributed by atoms with van der Waals surface area (Å²) < 4.78 is 63.7. The fourth-order valence-electron chi connectivity index (χ4n) is 5.30. The number of nitrogen functional groups attached to an aromatic ring is 1. The molecule has 4 aromatic rings. The zero-order valence-electron chi connectivity index (χ0n) is 22.4. The zero-order valence-corrected chi connectivity index (χ0v) is 24.2. The van der Waals surface area contributed by atoms with Gasteiger partial charge in [0.1, 0.15) is 61.8 Å². The van der Waals surface area contributed by atoms with Gasteiger partial charge in [0.15, 0.2) is 35.1 Å². The molecule has 242 valence electrons. The van der Waals surface area contributed by atoms with E-state index < -0.39 is 90.7 Å². The van der Waals surface area contributed by atoms with Crippen LogP contribution in [0.2, 0.25) is 0 Å². The Bertz CT molecular complexity index is 1940. The Morgan fingerprint density at radius 3 is 2.40 bits per heavy atom. The number of anilines is 1. The van der Waals surface area contributed by atoms with Crippen LogP contribution in [0.3, 0.4) is 0 Å². The normalized spacial score (nSPS) is 37.7. The second-order valence-corrected chi connectivity index (χ2v) is 12.4. The number of H-pyrrole nitrogens is 1. The maximum atomic E-state index is 13.6. The van der Waals surface area contributed by atoms with E-state index in [-0.39, 0.29) is 34.0 Å². The van der Waals surface area contributed by atoms with Crippen molar-refractivity contribution in [2.75, 3.05) is 18.9 Å². The molecule has 7 rings (SSSR count). The molecule has 21 nitrogen and oxygen atoms in total. The predicted molar refractivity (Wildman–Crippen MR) is 151 cm³/mol. The number of imidazole rings is 2. The third kappa shape index (κ3) is 5.41. The fraction of sp³-hybridized carbons (Fsp3) is 0.524. The number of nitrogens with one attached hydrogen (secondary N) is 1. The molecule has 0 saturated carbocycles. The zero-order chi connectivity index (χ0) is 31.8. The van der Waals surface area contributed by atoms with Gasteiger partial charge in [0.2, 0.25) is 0 Å². The molecule has 0 aromatic carbocycles. The third-order valence-electron chi connectivity index (χ3n) is 7.32. The van der Waals surface area contributed by atoms with E-state index in [9.17, 15) is 29.0 Å². The summed E-state index contributed by atoms with van der Waals surface area (Å²) in [5.74, 6) is 0.348. The van der Waals surface area contributed by atoms with Crippen molar-refractivity contribution in [3.05, 3.63) is 35.2 Å². The molecule has 3 aliphatic rings. The van der Waals surface area contributed by atoms with Crippen LogP contribution >= 0.6 is 15.3 Å². The molecule has 3 fully saturated rings. The number of ether oxygens (including phenoxy) is 2. The van der Waals surface area contributed by atoms with Crippen LogP contribution in [-0.2, 0) is 36.7 Å². The van der Waals surface area contributed by atoms with Crippen LogP contribution < -0.4 is 11.3 Å². The van der Waals surface area contributed by atoms with Crippen molar-refractivity contribution in [3.8, 4) is 0 Å². The quantitative estimate of drug-likeness (QED) is 0.111. The molecule has 4 unspecified atom stereocenters. The molecule has 0 spiro atoms. The summed E-state index contributed by atoms with van der Waals surface area (Å²) >= 11 is 0. The van der Waals surface area contributed by atoms with Gasteiger partial charge >= 0.3 is 7.82 Å². The summed E-state index contributed by atoms with van der Waals surface area (Å²) in [5, 5.41) is 22.4. The molecule has 0 radical (unpaired) electrons. The number of aliphatic hydroxyl groups is 2. The molecule has 0 amide bonds. The lowest BCUT2D eigenvalue weighted by Gasteiger charge is -2.29. The van der Waals surface area contributed by atoms with Crippen LogP contribution in [0.4, 0.5) is 5.82 Å². The minimum Gasteiger partial charge on any atom is -0.387 e. The highest BCUT2D eigenvalue weighted by Crippen LogP contribution is 2.53. The van der Waals surface area contributed by atoms with Gasteiger partial charge in [-0.15, -0.1) is 0 Å². The highest BCUT2D eigenvalue weighted by Gasteiger charge is 2.52. The molecule has 3 aliphatic heterocycles. The van der Waals surface area contributed by atoms with Crippen LogP contribution in [0.5, 0.6) is 0 Å². The Morgan fingerprint density at radius 1 is 0.933 bits per heavy atom. The van der Waals surface area contributed by atoms with E-state index in [1.807, 2.05) is 0 Å². The van der Waals surface area contributed by atoms with E-state index in [0.29, 0.717) is 0 Å². The summed E-state index contributed by atoms with van der Waals surface area (Å²) in [7, 11) is -10.0. The maximum absolute atomic E-state index is 13.6. The molecule has 3 saturated heterocycles. The molecule has 24 heteroatoms. The molecule has 10 atom stereocenters. The minimum atomic E-state index is -5.01. The molecule has 7 heterocycles. The number of phosphoric acid groups is 1. The van der Waals surface area contributed by atoms with Gasteiger partial charge in [0.25, 0.3) is 5.56 Å². The van der Waals surface area contributed by atoms with Crippen molar-refractivity contribution in [1.82, 2.24) is 39.0 Å². The van der Waals surface area contributed by atoms with Gasteiger partial charge in [-0.1, -0.05) is 0 Å². The van der Waals surface area contributed by atoms with Gasteiger partial charge in [-0.25, -0.2) is 29.5 Å². The van der Waals surface area contributed by atoms with Gasteiger partial charge in [-0.05, 0) is 6.92 Å². The molecular weight excluding hydrogens is 643 g/mol. The molecule has 2 bridgehead atoms. The van der Waals surface area contributed by atoms with E-state index in [2.05, 4.69) is 29.9 Å². The van der Waals surface area contributed by atoms with Crippen molar-refractivity contribution in [1.29, 1.82) is 0 Å². The van der Waals surface area contributed by atoms with Gasteiger partial charge in [0.05, 0.1) is 33.4 Å². The summed E-state index contributed by atoms with van der Waals surface area (Å²) in [5.41, 5.74) is 5.82. The van der Waals surface area contributed by atoms with Crippen molar-refractivity contribution < 1.29 is 51.8 Å². The monoisotopic (exact) mass is 670 g/mol. The second-order valence-electron chi connectivity index (χ2n) is 10.1. The van der Waals surface area contributed by atoms with Gasteiger partial charge in [0, 0.05) is 0 Å². The number of phosphoric ester groups is 1. The van der Waals surface area contributed by atoms with E-state index >= 15 is 0 Å².